The molecular weight excluding hydrogens is 292 g/mol. The standard InChI is InChI=1S/C19H18O4/c1-13(2)23-16-7-5-15(6-8-16)17(20)9-3-14-4-10-18-19(11-14)22-12-21-18/h3-11,13H,12H2,1-2H3/b9-3+. The van der Waals surface area contributed by atoms with Gasteiger partial charge in [-0.25, -0.2) is 0 Å². The van der Waals surface area contributed by atoms with Crippen LogP contribution in [0.2, 0.25) is 0 Å². The minimum atomic E-state index is -0.0567. The Morgan fingerprint density at radius 3 is 2.57 bits per heavy atom. The number of ether oxygens (including phenoxy) is 3. The van der Waals surface area contributed by atoms with Crippen LogP contribution in [0.15, 0.2) is 48.5 Å². The summed E-state index contributed by atoms with van der Waals surface area (Å²) in [5, 5.41) is 0. The second-order valence-corrected chi connectivity index (χ2v) is 5.50. The highest BCUT2D eigenvalue weighted by Crippen LogP contribution is 2.32. The lowest BCUT2D eigenvalue weighted by Gasteiger charge is -2.09. The van der Waals surface area contributed by atoms with Gasteiger partial charge in [-0.05, 0) is 61.9 Å². The second-order valence-electron chi connectivity index (χ2n) is 5.50. The van der Waals surface area contributed by atoms with E-state index in [9.17, 15) is 4.79 Å². The van der Waals surface area contributed by atoms with Crippen molar-refractivity contribution in [1.29, 1.82) is 0 Å². The predicted molar refractivity (Wildman–Crippen MR) is 88.1 cm³/mol. The van der Waals surface area contributed by atoms with Crippen LogP contribution >= 0.6 is 0 Å². The number of benzene rings is 2. The van der Waals surface area contributed by atoms with E-state index in [1.807, 2.05) is 44.2 Å². The van der Waals surface area contributed by atoms with Crippen LogP contribution < -0.4 is 14.2 Å². The Bertz CT molecular complexity index is 730. The number of hydrogen-bond donors (Lipinski definition) is 0. The molecule has 0 fully saturated rings. The summed E-state index contributed by atoms with van der Waals surface area (Å²) in [6.45, 7) is 4.17. The van der Waals surface area contributed by atoms with Crippen LogP contribution in [0.1, 0.15) is 29.8 Å². The molecule has 2 aromatic carbocycles. The topological polar surface area (TPSA) is 44.8 Å². The first-order valence-electron chi connectivity index (χ1n) is 7.50. The first kappa shape index (κ1) is 15.2. The monoisotopic (exact) mass is 310 g/mol. The molecule has 1 aliphatic heterocycles. The molecule has 4 nitrogen and oxygen atoms in total. The van der Waals surface area contributed by atoms with Crippen molar-refractivity contribution in [2.75, 3.05) is 6.79 Å². The summed E-state index contributed by atoms with van der Waals surface area (Å²) in [6, 6.07) is 12.7. The minimum Gasteiger partial charge on any atom is -0.491 e. The van der Waals surface area contributed by atoms with E-state index in [0.29, 0.717) is 11.3 Å². The van der Waals surface area contributed by atoms with E-state index in [4.69, 9.17) is 14.2 Å². The van der Waals surface area contributed by atoms with Crippen LogP contribution in [0.4, 0.5) is 0 Å². The maximum Gasteiger partial charge on any atom is 0.231 e. The number of allylic oxidation sites excluding steroid dienone is 1. The summed E-state index contributed by atoms with van der Waals surface area (Å²) in [4.78, 5) is 12.2. The zero-order valence-corrected chi connectivity index (χ0v) is 13.1. The van der Waals surface area contributed by atoms with Gasteiger partial charge in [0.1, 0.15) is 5.75 Å². The van der Waals surface area contributed by atoms with Crippen molar-refractivity contribution in [3.63, 3.8) is 0 Å². The van der Waals surface area contributed by atoms with Crippen LogP contribution in [0.3, 0.4) is 0 Å². The summed E-state index contributed by atoms with van der Waals surface area (Å²) in [5.41, 5.74) is 1.51. The lowest BCUT2D eigenvalue weighted by Crippen LogP contribution is -2.05. The maximum absolute atomic E-state index is 12.2. The quantitative estimate of drug-likeness (QED) is 0.616. The molecule has 1 heterocycles. The average Bonchev–Trinajstić information content (AvgIpc) is 3.00. The van der Waals surface area contributed by atoms with Crippen molar-refractivity contribution in [2.45, 2.75) is 20.0 Å². The number of ketones is 1. The fourth-order valence-corrected chi connectivity index (χ4v) is 2.25. The van der Waals surface area contributed by atoms with Gasteiger partial charge in [-0.1, -0.05) is 12.1 Å². The van der Waals surface area contributed by atoms with Gasteiger partial charge in [-0.3, -0.25) is 4.79 Å². The van der Waals surface area contributed by atoms with E-state index in [-0.39, 0.29) is 18.7 Å². The smallest absolute Gasteiger partial charge is 0.231 e. The Balaban J connectivity index is 1.68. The van der Waals surface area contributed by atoms with Gasteiger partial charge in [0, 0.05) is 5.56 Å². The lowest BCUT2D eigenvalue weighted by molar-refractivity contribution is 0.104. The molecule has 0 atom stereocenters. The van der Waals surface area contributed by atoms with Crippen molar-refractivity contribution in [3.8, 4) is 17.2 Å². The number of carbonyl (C=O) groups excluding carboxylic acids is 1. The fraction of sp³-hybridized carbons (Fsp3) is 0.211. The Kier molecular flexibility index (Phi) is 4.33. The Morgan fingerprint density at radius 1 is 1.09 bits per heavy atom. The number of hydrogen-bond acceptors (Lipinski definition) is 4. The number of fused-ring (bicyclic) bond motifs is 1. The molecule has 4 heteroatoms. The highest BCUT2D eigenvalue weighted by Gasteiger charge is 2.12. The van der Waals surface area contributed by atoms with E-state index in [1.165, 1.54) is 0 Å². The average molecular weight is 310 g/mol. The first-order chi connectivity index (χ1) is 11.1. The van der Waals surface area contributed by atoms with E-state index in [0.717, 1.165) is 17.1 Å². The molecule has 0 saturated carbocycles. The molecule has 0 aromatic heterocycles. The highest BCUT2D eigenvalue weighted by molar-refractivity contribution is 6.06. The Labute approximate surface area is 135 Å². The number of carbonyl (C=O) groups is 1. The van der Waals surface area contributed by atoms with Crippen molar-refractivity contribution < 1.29 is 19.0 Å². The molecule has 0 unspecified atom stereocenters. The predicted octanol–water partition coefficient (Wildman–Crippen LogP) is 4.10. The van der Waals surface area contributed by atoms with Crippen LogP contribution in [-0.2, 0) is 0 Å². The third kappa shape index (κ3) is 3.72. The van der Waals surface area contributed by atoms with E-state index < -0.39 is 0 Å². The molecule has 23 heavy (non-hydrogen) atoms. The molecule has 118 valence electrons. The Morgan fingerprint density at radius 2 is 1.83 bits per heavy atom. The molecule has 0 bridgehead atoms. The first-order valence-corrected chi connectivity index (χ1v) is 7.50. The van der Waals surface area contributed by atoms with Gasteiger partial charge >= 0.3 is 0 Å². The van der Waals surface area contributed by atoms with Crippen molar-refractivity contribution >= 4 is 11.9 Å². The molecule has 3 rings (SSSR count). The summed E-state index contributed by atoms with van der Waals surface area (Å²) >= 11 is 0. The molecule has 0 saturated heterocycles. The van der Waals surface area contributed by atoms with Crippen LogP contribution in [0.25, 0.3) is 6.08 Å². The summed E-state index contributed by atoms with van der Waals surface area (Å²) in [6.07, 6.45) is 3.43. The summed E-state index contributed by atoms with van der Waals surface area (Å²) in [7, 11) is 0. The van der Waals surface area contributed by atoms with Gasteiger partial charge in [0.05, 0.1) is 6.10 Å². The minimum absolute atomic E-state index is 0.0567. The molecular formula is C19H18O4. The number of rotatable bonds is 5. The van der Waals surface area contributed by atoms with Crippen LogP contribution in [-0.4, -0.2) is 18.7 Å². The molecule has 0 amide bonds. The van der Waals surface area contributed by atoms with E-state index in [1.54, 1.807) is 24.3 Å². The largest absolute Gasteiger partial charge is 0.491 e. The van der Waals surface area contributed by atoms with Crippen LogP contribution in [0, 0.1) is 0 Å². The molecule has 0 radical (unpaired) electrons. The van der Waals surface area contributed by atoms with E-state index in [2.05, 4.69) is 0 Å². The fourth-order valence-electron chi connectivity index (χ4n) is 2.25. The summed E-state index contributed by atoms with van der Waals surface area (Å²) < 4.78 is 16.1. The van der Waals surface area contributed by atoms with Gasteiger partial charge in [0.25, 0.3) is 0 Å². The van der Waals surface area contributed by atoms with Crippen molar-refractivity contribution in [1.82, 2.24) is 0 Å². The zero-order valence-electron chi connectivity index (χ0n) is 13.1. The molecule has 1 aliphatic rings. The van der Waals surface area contributed by atoms with E-state index >= 15 is 0 Å². The maximum atomic E-state index is 12.2. The third-order valence-electron chi connectivity index (χ3n) is 3.33. The zero-order chi connectivity index (χ0) is 16.2. The third-order valence-corrected chi connectivity index (χ3v) is 3.33. The van der Waals surface area contributed by atoms with Gasteiger partial charge in [-0.2, -0.15) is 0 Å². The van der Waals surface area contributed by atoms with Crippen molar-refractivity contribution in [3.05, 3.63) is 59.7 Å². The lowest BCUT2D eigenvalue weighted by atomic mass is 10.1. The summed E-state index contributed by atoms with van der Waals surface area (Å²) in [5.74, 6) is 2.14. The second kappa shape index (κ2) is 6.57. The van der Waals surface area contributed by atoms with Gasteiger partial charge < -0.3 is 14.2 Å². The van der Waals surface area contributed by atoms with Crippen LogP contribution in [0.5, 0.6) is 17.2 Å². The normalized spacial score (nSPS) is 12.8. The van der Waals surface area contributed by atoms with Gasteiger partial charge in [-0.15, -0.1) is 0 Å². The molecule has 0 aliphatic carbocycles. The molecule has 0 N–H and O–H groups in total. The van der Waals surface area contributed by atoms with Crippen molar-refractivity contribution in [2.24, 2.45) is 0 Å². The van der Waals surface area contributed by atoms with Gasteiger partial charge in [0.15, 0.2) is 17.3 Å². The SMILES string of the molecule is CC(C)Oc1ccc(C(=O)/C=C/c2ccc3c(c2)OCO3)cc1. The Hall–Kier alpha value is -2.75. The molecule has 0 spiro atoms. The van der Waals surface area contributed by atoms with Gasteiger partial charge in [0.2, 0.25) is 6.79 Å². The highest BCUT2D eigenvalue weighted by atomic mass is 16.7. The molecule has 2 aromatic rings.